The molecule has 4 aromatic carbocycles. The number of benzene rings is 4. The summed E-state index contributed by atoms with van der Waals surface area (Å²) < 4.78 is 2.54. The maximum atomic E-state index is 11.7. The molecule has 5 heteroatoms. The van der Waals surface area contributed by atoms with Crippen LogP contribution >= 0.6 is 0 Å². The van der Waals surface area contributed by atoms with Crippen molar-refractivity contribution in [2.24, 2.45) is 17.8 Å². The van der Waals surface area contributed by atoms with E-state index in [1.807, 2.05) is 33.9 Å². The normalized spacial score (nSPS) is 14.2. The summed E-state index contributed by atoms with van der Waals surface area (Å²) in [7, 11) is 0. The molecule has 0 amide bonds. The number of carbonyl (C=O) groups is 1. The van der Waals surface area contributed by atoms with E-state index >= 15 is 0 Å². The van der Waals surface area contributed by atoms with Crippen LogP contribution in [0.2, 0.25) is 0 Å². The van der Waals surface area contributed by atoms with Gasteiger partial charge in [0.25, 0.3) is 0 Å². The molecule has 0 aliphatic heterocycles. The molecule has 3 heterocycles. The molecule has 1 aliphatic carbocycles. The largest absolute Gasteiger partial charge is 0.512 e. The van der Waals surface area contributed by atoms with E-state index in [1.165, 1.54) is 92.8 Å². The van der Waals surface area contributed by atoms with Crippen molar-refractivity contribution in [2.45, 2.75) is 92.4 Å². The third kappa shape index (κ3) is 6.22. The van der Waals surface area contributed by atoms with Crippen molar-refractivity contribution in [2.75, 3.05) is 0 Å². The zero-order valence-corrected chi connectivity index (χ0v) is 32.5. The molecule has 1 aliphatic rings. The van der Waals surface area contributed by atoms with Crippen LogP contribution in [0.15, 0.2) is 78.7 Å². The number of aliphatic hydroxyl groups excluding tert-OH is 1. The number of nitrogens with zero attached hydrogens (tertiary/aromatic N) is 2. The van der Waals surface area contributed by atoms with E-state index in [2.05, 4.69) is 78.1 Å². The maximum Gasteiger partial charge on any atom is 0.162 e. The molecule has 8 rings (SSSR count). The number of aromatic nitrogens is 2. The van der Waals surface area contributed by atoms with Gasteiger partial charge >= 0.3 is 0 Å². The van der Waals surface area contributed by atoms with Crippen LogP contribution < -0.4 is 0 Å². The van der Waals surface area contributed by atoms with Gasteiger partial charge in [0.15, 0.2) is 5.78 Å². The number of fused-ring (bicyclic) bond motifs is 7. The van der Waals surface area contributed by atoms with Gasteiger partial charge in [-0.05, 0) is 72.0 Å². The predicted molar refractivity (Wildman–Crippen MR) is 207 cm³/mol. The van der Waals surface area contributed by atoms with Crippen LogP contribution in [0.25, 0.3) is 59.8 Å². The molecule has 1 fully saturated rings. The summed E-state index contributed by atoms with van der Waals surface area (Å²) in [6, 6.07) is 26.1. The van der Waals surface area contributed by atoms with Crippen LogP contribution in [0.4, 0.5) is 0 Å². The van der Waals surface area contributed by atoms with Gasteiger partial charge in [0.2, 0.25) is 0 Å². The standard InChI is InChI=1S/C32H25N2.C13H24O2.Ir/c1-19-24-11-5-4-10-21(24)18-26-30-29-22(14-15-33-30)17-23(16-20-8-2-3-9-20)28-25-12-6-7-13-27(25)34(31(19)26)32(28)29;1-5-10(6-2)12(14)9-13(15)11(7-3)8-4;/h4-7,10-15,17,20H,2-3,8-9,16H2,1H3;9-11,14H,5-8H2,1-4H3;/q-1;;/b;12-9-;. The van der Waals surface area contributed by atoms with Gasteiger partial charge < -0.3 is 9.51 Å². The van der Waals surface area contributed by atoms with Gasteiger partial charge in [-0.15, -0.1) is 17.5 Å². The van der Waals surface area contributed by atoms with E-state index < -0.39 is 0 Å². The minimum absolute atomic E-state index is 0. The predicted octanol–water partition coefficient (Wildman–Crippen LogP) is 12.2. The SMILES string of the molecule is CCC(CC)C(=O)/C=C(\O)C(CC)CC.Cc1c2ccccc2[c-]c2c3nccc4cc(CC5CCCC5)c5c6ccccc6n(c12)c5c43.[Ir]. The van der Waals surface area contributed by atoms with Crippen molar-refractivity contribution in [1.29, 1.82) is 0 Å². The Morgan fingerprint density at radius 3 is 2.26 bits per heavy atom. The maximum absolute atomic E-state index is 11.7. The molecule has 50 heavy (non-hydrogen) atoms. The summed E-state index contributed by atoms with van der Waals surface area (Å²) in [6.07, 6.45) is 13.6. The Balaban J connectivity index is 0.000000233. The first-order valence-electron chi connectivity index (χ1n) is 18.6. The molecule has 1 saturated carbocycles. The van der Waals surface area contributed by atoms with Crippen LogP contribution in [-0.4, -0.2) is 20.3 Å². The van der Waals surface area contributed by atoms with Crippen LogP contribution in [-0.2, 0) is 31.3 Å². The van der Waals surface area contributed by atoms with Crippen LogP contribution in [0, 0.1) is 30.7 Å². The number of hydrogen-bond acceptors (Lipinski definition) is 3. The fourth-order valence-corrected chi connectivity index (χ4v) is 8.67. The Kier molecular flexibility index (Phi) is 11.0. The molecule has 0 spiro atoms. The molecule has 3 aromatic heterocycles. The fourth-order valence-electron chi connectivity index (χ4n) is 8.67. The summed E-state index contributed by atoms with van der Waals surface area (Å²) in [5.41, 5.74) is 7.77. The zero-order valence-electron chi connectivity index (χ0n) is 30.1. The molecule has 0 unspecified atom stereocenters. The Labute approximate surface area is 309 Å². The Morgan fingerprint density at radius 2 is 1.56 bits per heavy atom. The van der Waals surface area contributed by atoms with Crippen molar-refractivity contribution in [1.82, 2.24) is 9.38 Å². The number of allylic oxidation sites excluding steroid dienone is 2. The van der Waals surface area contributed by atoms with E-state index in [0.29, 0.717) is 0 Å². The van der Waals surface area contributed by atoms with Crippen molar-refractivity contribution < 1.29 is 30.0 Å². The fraction of sp³-hybridized carbons (Fsp3) is 0.378. The summed E-state index contributed by atoms with van der Waals surface area (Å²) >= 11 is 0. The number of pyridine rings is 2. The number of rotatable bonds is 9. The zero-order chi connectivity index (χ0) is 34.2. The Bertz CT molecular complexity index is 2320. The van der Waals surface area contributed by atoms with E-state index in [4.69, 9.17) is 4.98 Å². The summed E-state index contributed by atoms with van der Waals surface area (Å²) in [5, 5.41) is 18.7. The first kappa shape index (κ1) is 36.0. The molecule has 7 aromatic rings. The van der Waals surface area contributed by atoms with Gasteiger partial charge in [-0.2, -0.15) is 0 Å². The molecule has 0 saturated heterocycles. The molecule has 0 atom stereocenters. The average Bonchev–Trinajstić information content (AvgIpc) is 3.76. The minimum Gasteiger partial charge on any atom is -0.512 e. The first-order chi connectivity index (χ1) is 23.9. The molecule has 261 valence electrons. The second-order valence-corrected chi connectivity index (χ2v) is 14.2. The number of aliphatic hydroxyl groups is 1. The topological polar surface area (TPSA) is 54.6 Å². The van der Waals surface area contributed by atoms with Gasteiger partial charge in [0.05, 0.1) is 5.76 Å². The number of hydrogen-bond donors (Lipinski definition) is 1. The van der Waals surface area contributed by atoms with Crippen molar-refractivity contribution >= 4 is 65.6 Å². The third-order valence-corrected chi connectivity index (χ3v) is 11.5. The molecule has 0 bridgehead atoms. The van der Waals surface area contributed by atoms with Crippen LogP contribution in [0.3, 0.4) is 0 Å². The van der Waals surface area contributed by atoms with Gasteiger partial charge in [0, 0.05) is 71.5 Å². The molecular weight excluding hydrogens is 793 g/mol. The monoisotopic (exact) mass is 842 g/mol. The third-order valence-electron chi connectivity index (χ3n) is 11.5. The number of carbonyl (C=O) groups excluding carboxylic acids is 1. The molecule has 4 nitrogen and oxygen atoms in total. The number of ketones is 1. The van der Waals surface area contributed by atoms with Crippen LogP contribution in [0.1, 0.15) is 90.2 Å². The van der Waals surface area contributed by atoms with Crippen molar-refractivity contribution in [3.63, 3.8) is 0 Å². The average molecular weight is 842 g/mol. The van der Waals surface area contributed by atoms with Gasteiger partial charge in [0.1, 0.15) is 0 Å². The van der Waals surface area contributed by atoms with E-state index in [-0.39, 0.29) is 43.5 Å². The number of para-hydroxylation sites is 1. The van der Waals surface area contributed by atoms with Crippen LogP contribution in [0.5, 0.6) is 0 Å². The van der Waals surface area contributed by atoms with Gasteiger partial charge in [-0.3, -0.25) is 9.78 Å². The van der Waals surface area contributed by atoms with Crippen molar-refractivity contribution in [3.05, 3.63) is 95.9 Å². The summed E-state index contributed by atoms with van der Waals surface area (Å²) in [5.74, 6) is 1.35. The van der Waals surface area contributed by atoms with Crippen molar-refractivity contribution in [3.8, 4) is 0 Å². The Hall–Kier alpha value is -3.79. The second kappa shape index (κ2) is 15.2. The molecule has 1 N–H and O–H groups in total. The smallest absolute Gasteiger partial charge is 0.162 e. The molecular formula is C45H49IrN2O2-. The quantitative estimate of drug-likeness (QED) is 0.0518. The first-order valence-corrected chi connectivity index (χ1v) is 18.6. The molecule has 1 radical (unpaired) electrons. The number of aryl methyl sites for hydroxylation is 1. The summed E-state index contributed by atoms with van der Waals surface area (Å²) in [6.45, 7) is 10.3. The van der Waals surface area contributed by atoms with Gasteiger partial charge in [-0.25, -0.2) is 0 Å². The van der Waals surface area contributed by atoms with Gasteiger partial charge in [-0.1, -0.05) is 119 Å². The van der Waals surface area contributed by atoms with E-state index in [9.17, 15) is 9.90 Å². The minimum atomic E-state index is 0. The second-order valence-electron chi connectivity index (χ2n) is 14.2. The summed E-state index contributed by atoms with van der Waals surface area (Å²) in [4.78, 5) is 16.7. The Morgan fingerprint density at radius 1 is 0.900 bits per heavy atom. The van der Waals surface area contributed by atoms with E-state index in [1.54, 1.807) is 0 Å². The van der Waals surface area contributed by atoms with E-state index in [0.717, 1.165) is 47.9 Å².